The van der Waals surface area contributed by atoms with Gasteiger partial charge in [0.1, 0.15) is 29.0 Å². The van der Waals surface area contributed by atoms with Crippen LogP contribution >= 0.6 is 0 Å². The SMILES string of the molecule is C=C(C)C(=O)OC(C)(CC)C12CC3CC(CC(C3)C1)C2.C=C(C)C(=O)OC1(C)CCCC1.C=C(C)C(=O)OC1(CC)CCCCC1.C=C(C)C(=O)OC1C2CC3CC(C2)C(=O)OC1C3.C=C(C)C(=O)OC1CCOC1=O.C=C(C)C(=O)OCOC1C2CC3CC(C2)CC1C3. The highest BCUT2D eigenvalue weighted by Crippen LogP contribution is 2.65. The van der Waals surface area contributed by atoms with Crippen LogP contribution in [0.3, 0.4) is 0 Å². The van der Waals surface area contributed by atoms with E-state index in [1.54, 1.807) is 34.6 Å². The molecule has 12 bridgehead atoms. The third-order valence-corrected chi connectivity index (χ3v) is 22.8. The van der Waals surface area contributed by atoms with Crippen molar-refractivity contribution in [3.05, 3.63) is 72.9 Å². The Morgan fingerprint density at radius 3 is 1.44 bits per heavy atom. The lowest BCUT2D eigenvalue weighted by molar-refractivity contribution is -0.201. The number of carbonyl (C=O) groups excluding carboxylic acids is 8. The second kappa shape index (κ2) is 32.9. The number of fused-ring (bicyclic) bond motifs is 1. The summed E-state index contributed by atoms with van der Waals surface area (Å²) < 4.78 is 48.1. The molecule has 0 aromatic rings. The zero-order chi connectivity index (χ0) is 69.0. The molecule has 0 N–H and O–H groups in total. The Morgan fingerprint density at radius 1 is 0.511 bits per heavy atom. The summed E-state index contributed by atoms with van der Waals surface area (Å²) in [6, 6.07) is 0. The molecule has 3 saturated heterocycles. The minimum Gasteiger partial charge on any atom is -0.463 e. The van der Waals surface area contributed by atoms with Crippen molar-refractivity contribution in [1.82, 2.24) is 0 Å². The van der Waals surface area contributed by atoms with Gasteiger partial charge in [-0.2, -0.15) is 0 Å². The standard InChI is InChI=1S/C18H28O2.C15H22O3.C14H18O4.C12H20O2.C10H16O2.C8H10O4/c1-5-17(4,20-16(19)12(2)3)18-9-13-6-14(10-18)8-15(7-13)11-18;1-9(2)15(16)18-8-17-14-12-4-10-3-11(6-12)7-13(14)5-10;1-7(2)13(15)18-12-9-3-8-4-10(6-9)14(16)17-11(12)5-8;1-4-12(8-6-5-7-9-12)14-11(13)10(2)3;1-8(2)9(11)12-10(3)6-4-5-7-10;1-5(2)7(9)12-6-3-4-11-8(6)10/h13-15H,2,5-11H2,1,3-4H3;10-14H,1,3-8H2,2H3;8-12H,1,3-6H2,2H3;2,4-9H2,1,3H3;1,4-7H2,2-3H3;6H,1,3-4H2,2H3. The maximum Gasteiger partial charge on any atom is 0.347 e. The van der Waals surface area contributed by atoms with E-state index in [1.165, 1.54) is 110 Å². The highest BCUT2D eigenvalue weighted by Gasteiger charge is 2.60. The van der Waals surface area contributed by atoms with E-state index < -0.39 is 18.0 Å². The van der Waals surface area contributed by atoms with E-state index in [1.807, 2.05) is 6.92 Å². The summed E-state index contributed by atoms with van der Waals surface area (Å²) in [5, 5.41) is 0. The number of ether oxygens (including phenoxy) is 9. The average molecular weight is 1310 g/mol. The molecule has 0 aromatic carbocycles. The summed E-state index contributed by atoms with van der Waals surface area (Å²) in [6.45, 7) is 40.3. The van der Waals surface area contributed by atoms with E-state index >= 15 is 0 Å². The molecule has 0 aromatic heterocycles. The lowest BCUT2D eigenvalue weighted by Crippen LogP contribution is -2.58. The predicted octanol–water partition coefficient (Wildman–Crippen LogP) is 15.3. The molecule has 94 heavy (non-hydrogen) atoms. The third-order valence-electron chi connectivity index (χ3n) is 22.8. The minimum atomic E-state index is -0.728. The van der Waals surface area contributed by atoms with Crippen LogP contribution in [0.15, 0.2) is 72.9 Å². The fourth-order valence-electron chi connectivity index (χ4n) is 18.1. The van der Waals surface area contributed by atoms with Crippen LogP contribution in [0, 0.1) is 64.6 Å². The molecule has 15 aliphatic rings. The van der Waals surface area contributed by atoms with Gasteiger partial charge < -0.3 is 42.6 Å². The molecule has 3 heterocycles. The summed E-state index contributed by atoms with van der Waals surface area (Å²) in [5.74, 6) is 4.33. The molecule has 17 nitrogen and oxygen atoms in total. The lowest BCUT2D eigenvalue weighted by Gasteiger charge is -2.62. The van der Waals surface area contributed by atoms with Crippen molar-refractivity contribution in [3.8, 4) is 0 Å². The lowest BCUT2D eigenvalue weighted by atomic mass is 9.45. The van der Waals surface area contributed by atoms with E-state index in [4.69, 9.17) is 37.9 Å². The third kappa shape index (κ3) is 19.7. The number of hydrogen-bond acceptors (Lipinski definition) is 17. The fraction of sp³-hybridized carbons (Fsp3) is 0.740. The molecule has 12 aliphatic carbocycles. The first-order valence-electron chi connectivity index (χ1n) is 35.5. The first-order chi connectivity index (χ1) is 44.3. The molecule has 0 amide bonds. The van der Waals surface area contributed by atoms with Crippen LogP contribution < -0.4 is 0 Å². The van der Waals surface area contributed by atoms with Crippen molar-refractivity contribution in [2.75, 3.05) is 13.4 Å². The van der Waals surface area contributed by atoms with Crippen LogP contribution in [0.4, 0.5) is 0 Å². The van der Waals surface area contributed by atoms with Crippen molar-refractivity contribution < 1.29 is 81.0 Å². The van der Waals surface area contributed by atoms with Crippen molar-refractivity contribution in [2.24, 2.45) is 64.6 Å². The number of rotatable bonds is 17. The molecule has 15 fully saturated rings. The Kier molecular flexibility index (Phi) is 26.5. The smallest absolute Gasteiger partial charge is 0.347 e. The van der Waals surface area contributed by atoms with Gasteiger partial charge in [-0.25, -0.2) is 33.6 Å². The molecule has 524 valence electrons. The van der Waals surface area contributed by atoms with Crippen LogP contribution in [-0.2, 0) is 81.0 Å². The number of esters is 8. The Bertz CT molecular complexity index is 2760. The van der Waals surface area contributed by atoms with Crippen molar-refractivity contribution in [1.29, 1.82) is 0 Å². The highest BCUT2D eigenvalue weighted by molar-refractivity contribution is 5.90. The molecule has 0 radical (unpaired) electrons. The number of hydrogen-bond donors (Lipinski definition) is 0. The summed E-state index contributed by atoms with van der Waals surface area (Å²) >= 11 is 0. The monoisotopic (exact) mass is 1310 g/mol. The average Bonchev–Trinajstić information content (AvgIpc) is 0.891. The van der Waals surface area contributed by atoms with Gasteiger partial charge in [0, 0.05) is 51.2 Å². The first kappa shape index (κ1) is 75.5. The molecule has 17 heteroatoms. The van der Waals surface area contributed by atoms with Gasteiger partial charge in [0.15, 0.2) is 6.79 Å². The quantitative estimate of drug-likeness (QED) is 0.0572. The topological polar surface area (TPSA) is 220 Å². The maximum atomic E-state index is 12.1. The fourth-order valence-corrected chi connectivity index (χ4v) is 18.1. The number of cyclic esters (lactones) is 1. The van der Waals surface area contributed by atoms with E-state index in [9.17, 15) is 38.4 Å². The molecule has 7 unspecified atom stereocenters. The molecule has 0 spiro atoms. The van der Waals surface area contributed by atoms with Gasteiger partial charge in [0.25, 0.3) is 0 Å². The van der Waals surface area contributed by atoms with Gasteiger partial charge in [0.05, 0.1) is 18.6 Å². The zero-order valence-corrected chi connectivity index (χ0v) is 58.8. The van der Waals surface area contributed by atoms with Crippen molar-refractivity contribution >= 4 is 47.8 Å². The second-order valence-electron chi connectivity index (χ2n) is 31.0. The Balaban J connectivity index is 0.000000161. The van der Waals surface area contributed by atoms with Gasteiger partial charge in [-0.1, -0.05) is 59.7 Å². The second-order valence-corrected chi connectivity index (χ2v) is 31.0. The van der Waals surface area contributed by atoms with E-state index in [0.717, 1.165) is 93.8 Å². The molecule has 7 atom stereocenters. The highest BCUT2D eigenvalue weighted by atomic mass is 16.7. The predicted molar refractivity (Wildman–Crippen MR) is 356 cm³/mol. The summed E-state index contributed by atoms with van der Waals surface area (Å²) in [5.41, 5.74) is 2.17. The molecule has 12 saturated carbocycles. The number of carbonyl (C=O) groups is 8. The van der Waals surface area contributed by atoms with Gasteiger partial charge in [0.2, 0.25) is 6.10 Å². The van der Waals surface area contributed by atoms with E-state index in [-0.39, 0.29) is 94.4 Å². The van der Waals surface area contributed by atoms with Crippen LogP contribution in [0.25, 0.3) is 0 Å². The van der Waals surface area contributed by atoms with Gasteiger partial charge in [-0.3, -0.25) is 4.79 Å². The minimum absolute atomic E-state index is 0.0206. The molecule has 15 rings (SSSR count). The summed E-state index contributed by atoms with van der Waals surface area (Å²) in [6.07, 6.45) is 29.8. The zero-order valence-electron chi connectivity index (χ0n) is 58.8. The molecular formula is C77H114O17. The van der Waals surface area contributed by atoms with Crippen molar-refractivity contribution in [3.63, 3.8) is 0 Å². The maximum absolute atomic E-state index is 12.1. The van der Waals surface area contributed by atoms with Crippen LogP contribution in [0.1, 0.15) is 243 Å². The Labute approximate surface area is 561 Å². The normalized spacial score (nSPS) is 32.9. The van der Waals surface area contributed by atoms with Crippen molar-refractivity contribution in [2.45, 2.75) is 284 Å². The van der Waals surface area contributed by atoms with Crippen LogP contribution in [0.2, 0.25) is 0 Å². The van der Waals surface area contributed by atoms with Gasteiger partial charge in [-0.15, -0.1) is 0 Å². The van der Waals surface area contributed by atoms with Crippen LogP contribution in [0.5, 0.6) is 0 Å². The van der Waals surface area contributed by atoms with Gasteiger partial charge >= 0.3 is 47.8 Å². The Morgan fingerprint density at radius 2 is 0.968 bits per heavy atom. The van der Waals surface area contributed by atoms with Gasteiger partial charge in [-0.05, 0) is 263 Å². The molecule has 3 aliphatic heterocycles. The summed E-state index contributed by atoms with van der Waals surface area (Å²) in [7, 11) is 0. The largest absolute Gasteiger partial charge is 0.463 e. The van der Waals surface area contributed by atoms with Crippen LogP contribution in [-0.4, -0.2) is 102 Å². The van der Waals surface area contributed by atoms with E-state index in [2.05, 4.69) is 65.0 Å². The Hall–Kier alpha value is -5.84. The summed E-state index contributed by atoms with van der Waals surface area (Å²) in [4.78, 5) is 91.2. The molecular weight excluding hydrogens is 1200 g/mol. The van der Waals surface area contributed by atoms with E-state index in [0.29, 0.717) is 64.8 Å². The first-order valence-corrected chi connectivity index (χ1v) is 35.5.